The summed E-state index contributed by atoms with van der Waals surface area (Å²) in [6, 6.07) is 4.89. The van der Waals surface area contributed by atoms with E-state index in [1.54, 1.807) is 36.8 Å². The largest absolute Gasteiger partial charge is 0.361 e. The number of hydrogen-bond donors (Lipinski definition) is 1. The summed E-state index contributed by atoms with van der Waals surface area (Å²) in [6.07, 6.45) is 8.08. The number of sulfone groups is 1. The zero-order chi connectivity index (χ0) is 18.3. The van der Waals surface area contributed by atoms with Crippen molar-refractivity contribution in [1.29, 1.82) is 0 Å². The van der Waals surface area contributed by atoms with Crippen LogP contribution >= 0.6 is 0 Å². The molecule has 3 aromatic heterocycles. The van der Waals surface area contributed by atoms with Gasteiger partial charge in [0.15, 0.2) is 21.3 Å². The molecule has 0 fully saturated rings. The third-order valence-corrected chi connectivity index (χ3v) is 5.10. The number of aromatic nitrogens is 5. The van der Waals surface area contributed by atoms with Crippen molar-refractivity contribution in [1.82, 2.24) is 24.3 Å². The molecule has 0 bridgehead atoms. The molecule has 0 aliphatic rings. The molecule has 4 rings (SSSR count). The first-order valence-electron chi connectivity index (χ1n) is 7.90. The summed E-state index contributed by atoms with van der Waals surface area (Å²) in [5.41, 5.74) is 3.62. The summed E-state index contributed by atoms with van der Waals surface area (Å²) in [5.74, 6) is 0.551. The molecule has 0 unspecified atom stereocenters. The van der Waals surface area contributed by atoms with Crippen LogP contribution in [0.4, 0.5) is 5.82 Å². The lowest BCUT2D eigenvalue weighted by Gasteiger charge is -2.10. The summed E-state index contributed by atoms with van der Waals surface area (Å²) in [4.78, 5) is 17.7. The molecular weight excluding hydrogens is 352 g/mol. The second-order valence-electron chi connectivity index (χ2n) is 6.01. The van der Waals surface area contributed by atoms with Crippen molar-refractivity contribution < 1.29 is 8.42 Å². The van der Waals surface area contributed by atoms with Gasteiger partial charge in [0.1, 0.15) is 0 Å². The van der Waals surface area contributed by atoms with Gasteiger partial charge in [-0.2, -0.15) is 0 Å². The van der Waals surface area contributed by atoms with Crippen LogP contribution in [-0.2, 0) is 16.4 Å². The van der Waals surface area contributed by atoms with E-state index in [9.17, 15) is 8.42 Å². The number of nitrogens with one attached hydrogen (secondary N) is 1. The van der Waals surface area contributed by atoms with Crippen LogP contribution in [0.25, 0.3) is 16.7 Å². The van der Waals surface area contributed by atoms with Gasteiger partial charge in [0.05, 0.1) is 40.1 Å². The van der Waals surface area contributed by atoms with E-state index in [0.29, 0.717) is 23.5 Å². The summed E-state index contributed by atoms with van der Waals surface area (Å²) < 4.78 is 25.5. The van der Waals surface area contributed by atoms with Crippen molar-refractivity contribution in [2.45, 2.75) is 18.4 Å². The Morgan fingerprint density at radius 2 is 2.00 bits per heavy atom. The van der Waals surface area contributed by atoms with Crippen LogP contribution in [0.2, 0.25) is 0 Å². The van der Waals surface area contributed by atoms with Gasteiger partial charge in [-0.05, 0) is 25.1 Å². The third-order valence-electron chi connectivity index (χ3n) is 3.99. The summed E-state index contributed by atoms with van der Waals surface area (Å²) in [5, 5.41) is 3.21. The van der Waals surface area contributed by atoms with Crippen molar-refractivity contribution in [3.8, 4) is 0 Å². The maximum atomic E-state index is 11.8. The van der Waals surface area contributed by atoms with Crippen LogP contribution in [0.5, 0.6) is 0 Å². The smallest absolute Gasteiger partial charge is 0.180 e. The first-order valence-corrected chi connectivity index (χ1v) is 9.79. The van der Waals surface area contributed by atoms with Gasteiger partial charge in [0.25, 0.3) is 0 Å². The molecule has 0 amide bonds. The lowest BCUT2D eigenvalue weighted by Crippen LogP contribution is -2.07. The fourth-order valence-electron chi connectivity index (χ4n) is 2.67. The topological polar surface area (TPSA) is 102 Å². The fourth-order valence-corrected chi connectivity index (χ4v) is 3.32. The van der Waals surface area contributed by atoms with Crippen molar-refractivity contribution in [3.63, 3.8) is 0 Å². The molecule has 0 aliphatic heterocycles. The predicted octanol–water partition coefficient (Wildman–Crippen LogP) is 2.00. The van der Waals surface area contributed by atoms with Gasteiger partial charge in [-0.25, -0.2) is 18.4 Å². The second-order valence-corrected chi connectivity index (χ2v) is 8.02. The van der Waals surface area contributed by atoms with E-state index in [4.69, 9.17) is 0 Å². The van der Waals surface area contributed by atoms with Gasteiger partial charge in [0.2, 0.25) is 0 Å². The fraction of sp³-hybridized carbons (Fsp3) is 0.176. The lowest BCUT2D eigenvalue weighted by atomic mass is 10.3. The van der Waals surface area contributed by atoms with Crippen molar-refractivity contribution in [3.05, 3.63) is 54.4 Å². The molecule has 8 nitrogen and oxygen atoms in total. The van der Waals surface area contributed by atoms with Gasteiger partial charge in [-0.3, -0.25) is 14.4 Å². The minimum Gasteiger partial charge on any atom is -0.361 e. The molecule has 1 aromatic carbocycles. The Bertz CT molecular complexity index is 1220. The maximum absolute atomic E-state index is 11.8. The minimum absolute atomic E-state index is 0.229. The Morgan fingerprint density at radius 3 is 2.73 bits per heavy atom. The molecule has 9 heteroatoms. The molecule has 1 N–H and O–H groups in total. The van der Waals surface area contributed by atoms with Crippen LogP contribution in [0.15, 0.2) is 47.9 Å². The highest BCUT2D eigenvalue weighted by Gasteiger charge is 2.13. The molecule has 0 spiro atoms. The molecule has 132 valence electrons. The number of aryl methyl sites for hydroxylation is 1. The first-order chi connectivity index (χ1) is 12.4. The van der Waals surface area contributed by atoms with E-state index in [2.05, 4.69) is 25.3 Å². The quantitative estimate of drug-likeness (QED) is 0.588. The zero-order valence-electron chi connectivity index (χ0n) is 14.2. The van der Waals surface area contributed by atoms with Crippen LogP contribution in [0.3, 0.4) is 0 Å². The number of imidazole rings is 1. The number of nitrogens with zero attached hydrogens (tertiary/aromatic N) is 5. The van der Waals surface area contributed by atoms with E-state index in [1.807, 2.05) is 17.5 Å². The summed E-state index contributed by atoms with van der Waals surface area (Å²) in [7, 11) is -3.31. The van der Waals surface area contributed by atoms with Gasteiger partial charge in [0, 0.05) is 24.8 Å². The van der Waals surface area contributed by atoms with Crippen molar-refractivity contribution >= 4 is 32.3 Å². The monoisotopic (exact) mass is 368 g/mol. The normalized spacial score (nSPS) is 11.9. The van der Waals surface area contributed by atoms with E-state index >= 15 is 0 Å². The Hall–Kier alpha value is -3.07. The zero-order valence-corrected chi connectivity index (χ0v) is 15.0. The molecule has 0 radical (unpaired) electrons. The Balaban J connectivity index is 1.79. The van der Waals surface area contributed by atoms with Crippen LogP contribution in [0.1, 0.15) is 11.4 Å². The van der Waals surface area contributed by atoms with Gasteiger partial charge < -0.3 is 5.32 Å². The van der Waals surface area contributed by atoms with E-state index in [1.165, 1.54) is 6.26 Å². The molecule has 26 heavy (non-hydrogen) atoms. The van der Waals surface area contributed by atoms with Gasteiger partial charge in [-0.1, -0.05) is 0 Å². The molecule has 0 aliphatic carbocycles. The minimum atomic E-state index is -3.31. The second kappa shape index (κ2) is 6.03. The SMILES string of the molecule is Cc1cnc(CNc2nc3cc(S(C)(=O)=O)ccc3n3ccnc23)cn1. The Kier molecular flexibility index (Phi) is 3.80. The number of benzene rings is 1. The molecule has 4 aromatic rings. The number of anilines is 1. The standard InChI is InChI=1S/C17H16N6O2S/c1-11-8-20-12(9-19-11)10-21-16-17-18-5-6-23(17)15-4-3-13(26(2,24)25)7-14(15)22-16/h3-9H,10H2,1-2H3,(H,21,22). The van der Waals surface area contributed by atoms with Gasteiger partial charge in [-0.15, -0.1) is 0 Å². The van der Waals surface area contributed by atoms with E-state index < -0.39 is 9.84 Å². The summed E-state index contributed by atoms with van der Waals surface area (Å²) >= 11 is 0. The first kappa shape index (κ1) is 16.4. The van der Waals surface area contributed by atoms with Crippen molar-refractivity contribution in [2.24, 2.45) is 0 Å². The average molecular weight is 368 g/mol. The van der Waals surface area contributed by atoms with Crippen molar-refractivity contribution in [2.75, 3.05) is 11.6 Å². The van der Waals surface area contributed by atoms with Crippen LogP contribution in [0, 0.1) is 6.92 Å². The predicted molar refractivity (Wildman–Crippen MR) is 97.7 cm³/mol. The van der Waals surface area contributed by atoms with E-state index in [-0.39, 0.29) is 4.90 Å². The highest BCUT2D eigenvalue weighted by Crippen LogP contribution is 2.23. The lowest BCUT2D eigenvalue weighted by molar-refractivity contribution is 0.602. The average Bonchev–Trinajstić information content (AvgIpc) is 3.10. The van der Waals surface area contributed by atoms with E-state index in [0.717, 1.165) is 16.9 Å². The number of rotatable bonds is 4. The molecule has 3 heterocycles. The molecule has 0 saturated carbocycles. The van der Waals surface area contributed by atoms with Crippen LogP contribution in [-0.4, -0.2) is 39.0 Å². The Labute approximate surface area is 149 Å². The number of hydrogen-bond acceptors (Lipinski definition) is 7. The Morgan fingerprint density at radius 1 is 1.15 bits per heavy atom. The maximum Gasteiger partial charge on any atom is 0.180 e. The number of fused-ring (bicyclic) bond motifs is 3. The highest BCUT2D eigenvalue weighted by atomic mass is 32.2. The molecule has 0 atom stereocenters. The van der Waals surface area contributed by atoms with Crippen LogP contribution < -0.4 is 5.32 Å². The molecular formula is C17H16N6O2S. The summed E-state index contributed by atoms with van der Waals surface area (Å²) in [6.45, 7) is 2.31. The van der Waals surface area contributed by atoms with Gasteiger partial charge >= 0.3 is 0 Å². The highest BCUT2D eigenvalue weighted by molar-refractivity contribution is 7.90. The third kappa shape index (κ3) is 2.97. The molecule has 0 saturated heterocycles.